The number of rotatable bonds is 3. The van der Waals surface area contributed by atoms with Crippen LogP contribution in [-0.4, -0.2) is 36.9 Å². The minimum absolute atomic E-state index is 0.198. The molecule has 1 aromatic rings. The highest BCUT2D eigenvalue weighted by molar-refractivity contribution is 5.99. The topological polar surface area (TPSA) is 29.5 Å². The zero-order valence-corrected chi connectivity index (χ0v) is 13.3. The first-order valence-corrected chi connectivity index (χ1v) is 8.01. The summed E-state index contributed by atoms with van der Waals surface area (Å²) in [5, 5.41) is 0. The summed E-state index contributed by atoms with van der Waals surface area (Å²) in [6.07, 6.45) is 5.87. The largest absolute Gasteiger partial charge is 0.497 e. The number of carbonyl (C=O) groups excluding carboxylic acids is 1. The van der Waals surface area contributed by atoms with Crippen molar-refractivity contribution in [1.29, 1.82) is 0 Å². The molecule has 2 saturated heterocycles. The van der Waals surface area contributed by atoms with Crippen molar-refractivity contribution < 1.29 is 9.53 Å². The van der Waals surface area contributed by atoms with Gasteiger partial charge in [0.25, 0.3) is 0 Å². The van der Waals surface area contributed by atoms with Crippen LogP contribution < -0.4 is 4.74 Å². The summed E-state index contributed by atoms with van der Waals surface area (Å²) in [6.45, 7) is 2.01. The van der Waals surface area contributed by atoms with Gasteiger partial charge >= 0.3 is 0 Å². The first kappa shape index (κ1) is 14.6. The number of piperidine rings is 2. The van der Waals surface area contributed by atoms with E-state index in [9.17, 15) is 4.79 Å². The summed E-state index contributed by atoms with van der Waals surface area (Å²) in [5.74, 6) is 1.35. The monoisotopic (exact) mass is 287 g/mol. The van der Waals surface area contributed by atoms with Crippen LogP contribution in [0.1, 0.15) is 48.0 Å². The number of aryl methyl sites for hydroxylation is 1. The summed E-state index contributed by atoms with van der Waals surface area (Å²) < 4.78 is 5.23. The number of nitrogens with zero attached hydrogens (tertiary/aromatic N) is 1. The van der Waals surface area contributed by atoms with Crippen molar-refractivity contribution in [3.05, 3.63) is 29.3 Å². The third kappa shape index (κ3) is 2.71. The van der Waals surface area contributed by atoms with Crippen LogP contribution in [-0.2, 0) is 0 Å². The van der Waals surface area contributed by atoms with E-state index in [1.165, 1.54) is 19.3 Å². The minimum Gasteiger partial charge on any atom is -0.497 e. The number of hydrogen-bond acceptors (Lipinski definition) is 3. The maximum atomic E-state index is 12.9. The normalized spacial score (nSPS) is 29.2. The molecule has 1 aromatic carbocycles. The van der Waals surface area contributed by atoms with Crippen LogP contribution in [0.3, 0.4) is 0 Å². The molecule has 2 atom stereocenters. The van der Waals surface area contributed by atoms with Crippen LogP contribution in [0.15, 0.2) is 18.2 Å². The van der Waals surface area contributed by atoms with E-state index < -0.39 is 0 Å². The molecule has 0 aromatic heterocycles. The van der Waals surface area contributed by atoms with Gasteiger partial charge in [-0.05, 0) is 63.4 Å². The van der Waals surface area contributed by atoms with E-state index in [2.05, 4.69) is 11.9 Å². The fourth-order valence-electron chi connectivity index (χ4n) is 4.09. The molecule has 0 N–H and O–H groups in total. The van der Waals surface area contributed by atoms with Crippen LogP contribution in [0.4, 0.5) is 0 Å². The molecule has 2 heterocycles. The maximum absolute atomic E-state index is 12.9. The first-order chi connectivity index (χ1) is 10.1. The SMILES string of the molecule is COc1ccc(C(=O)C2CC3CCCC(C2)N3C)c(C)c1. The van der Waals surface area contributed by atoms with Crippen molar-refractivity contribution in [3.63, 3.8) is 0 Å². The lowest BCUT2D eigenvalue weighted by Gasteiger charge is -2.46. The van der Waals surface area contributed by atoms with E-state index in [1.807, 2.05) is 25.1 Å². The van der Waals surface area contributed by atoms with Gasteiger partial charge in [-0.1, -0.05) is 6.42 Å². The van der Waals surface area contributed by atoms with E-state index in [0.717, 1.165) is 29.7 Å². The number of benzene rings is 1. The van der Waals surface area contributed by atoms with Crippen LogP contribution >= 0.6 is 0 Å². The van der Waals surface area contributed by atoms with E-state index >= 15 is 0 Å². The number of ketones is 1. The third-order valence-electron chi connectivity index (χ3n) is 5.41. The van der Waals surface area contributed by atoms with Crippen LogP contribution in [0.25, 0.3) is 0 Å². The average molecular weight is 287 g/mol. The van der Waals surface area contributed by atoms with E-state index in [1.54, 1.807) is 7.11 Å². The Kier molecular flexibility index (Phi) is 4.03. The Labute approximate surface area is 127 Å². The van der Waals surface area contributed by atoms with Gasteiger partial charge in [0, 0.05) is 23.6 Å². The van der Waals surface area contributed by atoms with E-state index in [-0.39, 0.29) is 5.92 Å². The quantitative estimate of drug-likeness (QED) is 0.798. The molecule has 2 unspecified atom stereocenters. The summed E-state index contributed by atoms with van der Waals surface area (Å²) in [4.78, 5) is 15.4. The summed E-state index contributed by atoms with van der Waals surface area (Å²) in [5.41, 5.74) is 1.91. The fourth-order valence-corrected chi connectivity index (χ4v) is 4.09. The Hall–Kier alpha value is -1.35. The van der Waals surface area contributed by atoms with Crippen molar-refractivity contribution in [3.8, 4) is 5.75 Å². The van der Waals surface area contributed by atoms with Crippen molar-refractivity contribution in [2.75, 3.05) is 14.2 Å². The molecule has 2 aliphatic heterocycles. The highest BCUT2D eigenvalue weighted by atomic mass is 16.5. The highest BCUT2D eigenvalue weighted by Gasteiger charge is 2.39. The average Bonchev–Trinajstić information content (AvgIpc) is 2.46. The minimum atomic E-state index is 0.198. The molecule has 0 radical (unpaired) electrons. The summed E-state index contributed by atoms with van der Waals surface area (Å²) in [7, 11) is 3.89. The first-order valence-electron chi connectivity index (χ1n) is 8.01. The van der Waals surface area contributed by atoms with Crippen molar-refractivity contribution in [1.82, 2.24) is 4.90 Å². The highest BCUT2D eigenvalue weighted by Crippen LogP contribution is 2.37. The predicted molar refractivity (Wildman–Crippen MR) is 84.0 cm³/mol. The van der Waals surface area contributed by atoms with Gasteiger partial charge < -0.3 is 9.64 Å². The van der Waals surface area contributed by atoms with Crippen LogP contribution in [0.2, 0.25) is 0 Å². The van der Waals surface area contributed by atoms with E-state index in [0.29, 0.717) is 17.9 Å². The number of ether oxygens (including phenoxy) is 1. The molecule has 21 heavy (non-hydrogen) atoms. The van der Waals surface area contributed by atoms with Gasteiger partial charge in [0.2, 0.25) is 0 Å². The second kappa shape index (κ2) is 5.80. The predicted octanol–water partition coefficient (Wildman–Crippen LogP) is 3.45. The lowest BCUT2D eigenvalue weighted by molar-refractivity contribution is 0.0338. The molecule has 0 aliphatic carbocycles. The van der Waals surface area contributed by atoms with Gasteiger partial charge in [-0.3, -0.25) is 4.79 Å². The van der Waals surface area contributed by atoms with Crippen LogP contribution in [0, 0.1) is 12.8 Å². The zero-order chi connectivity index (χ0) is 15.0. The molecule has 3 nitrogen and oxygen atoms in total. The van der Waals surface area contributed by atoms with Gasteiger partial charge in [0.05, 0.1) is 7.11 Å². The molecule has 3 rings (SSSR count). The number of methoxy groups -OCH3 is 1. The Morgan fingerprint density at radius 3 is 2.48 bits per heavy atom. The summed E-state index contributed by atoms with van der Waals surface area (Å²) in [6, 6.07) is 7.00. The molecular weight excluding hydrogens is 262 g/mol. The molecule has 2 aliphatic rings. The Balaban J connectivity index is 1.79. The Morgan fingerprint density at radius 1 is 1.24 bits per heavy atom. The molecular formula is C18H25NO2. The van der Waals surface area contributed by atoms with Crippen LogP contribution in [0.5, 0.6) is 5.75 Å². The number of Topliss-reactive ketones (excluding diaryl/α,β-unsaturated/α-hetero) is 1. The van der Waals surface area contributed by atoms with Gasteiger partial charge in [-0.25, -0.2) is 0 Å². The summed E-state index contributed by atoms with van der Waals surface area (Å²) >= 11 is 0. The number of fused-ring (bicyclic) bond motifs is 2. The lowest BCUT2D eigenvalue weighted by atomic mass is 9.75. The molecule has 3 heteroatoms. The molecule has 0 amide bonds. The van der Waals surface area contributed by atoms with Gasteiger partial charge in [0.15, 0.2) is 5.78 Å². The molecule has 0 saturated carbocycles. The lowest BCUT2D eigenvalue weighted by Crippen LogP contribution is -2.51. The Morgan fingerprint density at radius 2 is 1.90 bits per heavy atom. The number of carbonyl (C=O) groups is 1. The van der Waals surface area contributed by atoms with Gasteiger partial charge in [-0.2, -0.15) is 0 Å². The molecule has 2 bridgehead atoms. The molecule has 0 spiro atoms. The second-order valence-electron chi connectivity index (χ2n) is 6.62. The number of hydrogen-bond donors (Lipinski definition) is 0. The smallest absolute Gasteiger partial charge is 0.166 e. The van der Waals surface area contributed by atoms with Crippen molar-refractivity contribution >= 4 is 5.78 Å². The maximum Gasteiger partial charge on any atom is 0.166 e. The standard InChI is InChI=1S/C18H25NO2/c1-12-9-16(21-3)7-8-17(12)18(20)13-10-14-5-4-6-15(11-13)19(14)2/h7-9,13-15H,4-6,10-11H2,1-3H3. The molecule has 2 fully saturated rings. The Bertz CT molecular complexity index is 526. The molecule has 114 valence electrons. The second-order valence-corrected chi connectivity index (χ2v) is 6.62. The zero-order valence-electron chi connectivity index (χ0n) is 13.3. The van der Waals surface area contributed by atoms with Gasteiger partial charge in [0.1, 0.15) is 5.75 Å². The third-order valence-corrected chi connectivity index (χ3v) is 5.41. The van der Waals surface area contributed by atoms with Gasteiger partial charge in [-0.15, -0.1) is 0 Å². The van der Waals surface area contributed by atoms with Crippen molar-refractivity contribution in [2.45, 2.75) is 51.1 Å². The van der Waals surface area contributed by atoms with Crippen molar-refractivity contribution in [2.24, 2.45) is 5.92 Å². The van der Waals surface area contributed by atoms with E-state index in [4.69, 9.17) is 4.74 Å². The fraction of sp³-hybridized carbons (Fsp3) is 0.611.